The van der Waals surface area contributed by atoms with E-state index < -0.39 is 0 Å². The molecule has 6 aliphatic rings. The number of hydrogen-bond acceptors (Lipinski definition) is 6. The maximum atomic E-state index is 6.04. The van der Waals surface area contributed by atoms with Crippen LogP contribution in [0.15, 0.2) is 218 Å². The molecule has 0 amide bonds. The number of rotatable bonds is 8. The van der Waals surface area contributed by atoms with Crippen LogP contribution in [0, 0.1) is 0 Å². The van der Waals surface area contributed by atoms with Crippen LogP contribution in [0.2, 0.25) is 0 Å². The van der Waals surface area contributed by atoms with Gasteiger partial charge in [-0.1, -0.05) is 300 Å². The van der Waals surface area contributed by atoms with Crippen LogP contribution in [-0.4, -0.2) is 59.8 Å². The fourth-order valence-corrected chi connectivity index (χ4v) is 20.1. The smallest absolute Gasteiger partial charge is 0.0738 e. The van der Waals surface area contributed by atoms with Gasteiger partial charge in [-0.25, -0.2) is 29.9 Å². The van der Waals surface area contributed by atoms with Crippen LogP contribution < -0.4 is 0 Å². The molecular formula is C128H126N12. The lowest BCUT2D eigenvalue weighted by Gasteiger charge is -2.26. The number of hydrogen-bond donors (Lipinski definition) is 6. The van der Waals surface area contributed by atoms with E-state index in [-0.39, 0.29) is 43.3 Å². The molecule has 24 bridgehead atoms. The molecule has 0 spiro atoms. The van der Waals surface area contributed by atoms with Crippen LogP contribution in [0.3, 0.4) is 0 Å². The minimum atomic E-state index is -0.184. The van der Waals surface area contributed by atoms with Crippen LogP contribution in [0.25, 0.3) is 228 Å². The van der Waals surface area contributed by atoms with Gasteiger partial charge in [-0.05, 0) is 279 Å². The Morgan fingerprint density at radius 3 is 0.536 bits per heavy atom. The van der Waals surface area contributed by atoms with E-state index in [0.29, 0.717) is 0 Å². The highest BCUT2D eigenvalue weighted by molar-refractivity contribution is 6.08. The zero-order valence-electron chi connectivity index (χ0n) is 85.4. The van der Waals surface area contributed by atoms with Gasteiger partial charge >= 0.3 is 0 Å². The lowest BCUT2D eigenvalue weighted by atomic mass is 9.78. The molecule has 12 heteroatoms. The summed E-state index contributed by atoms with van der Waals surface area (Å²) in [6, 6.07) is 81.0. The molecule has 0 saturated heterocycles. The highest BCUT2D eigenvalue weighted by atomic mass is 14.8. The van der Waals surface area contributed by atoms with Gasteiger partial charge in [-0.2, -0.15) is 0 Å². The van der Waals surface area contributed by atoms with Crippen molar-refractivity contribution in [1.82, 2.24) is 59.8 Å². The van der Waals surface area contributed by atoms with Crippen molar-refractivity contribution in [3.8, 4) is 89.0 Å². The Labute approximate surface area is 823 Å². The standard InChI is InChI=1S/C128H126N12/c1-121(2,3)79-59-75(60-80(67-79)122(4,5)6)113-95-47-43-91(133-95)111(73-31-27-25-28-32-73)92-44-48-96(134-92)114(76-61-81(123(7,8)9)68-82(62-76)124(10,11)12)100-52-56-108(138-100)119(107-55-51-99(113)137-107)117-103-39-35-87(129-103)71-89-37-41-105(131-89)118(106-42-38-90(132-106)72-88-36-40-104(117)130-88)120-109-57-53-101(139-109)115(77-63-83(125(13,14)15)69-84(64-77)126(16,17)18)97-49-45-93(135-97)112(74-33-29-26-30-34-74)94-46-50-98(136-94)116(102-54-58-110(120)140-102)78-65-85(127(19,20)21)70-86(66-78)128(22,23)24/h25-72,129,132-133,135,138,140H,1-24H3. The fourth-order valence-electron chi connectivity index (χ4n) is 20.1. The monoisotopic (exact) mass is 1830 g/mol. The van der Waals surface area contributed by atoms with Crippen molar-refractivity contribution in [2.75, 3.05) is 0 Å². The van der Waals surface area contributed by atoms with Gasteiger partial charge in [-0.15, -0.1) is 0 Å². The van der Waals surface area contributed by atoms with Crippen molar-refractivity contribution in [1.29, 1.82) is 0 Å². The zero-order chi connectivity index (χ0) is 98.1. The van der Waals surface area contributed by atoms with E-state index in [1.54, 1.807) is 0 Å². The first-order valence-electron chi connectivity index (χ1n) is 49.5. The predicted octanol–water partition coefficient (Wildman–Crippen LogP) is 34.3. The Bertz CT molecular complexity index is 7680. The highest BCUT2D eigenvalue weighted by Gasteiger charge is 2.33. The zero-order valence-corrected chi connectivity index (χ0v) is 85.4. The van der Waals surface area contributed by atoms with Crippen molar-refractivity contribution in [3.05, 3.63) is 331 Å². The molecule has 6 aromatic carbocycles. The number of aromatic amines is 6. The average Bonchev–Trinajstić information content (AvgIpc) is 1.57. The quantitative estimate of drug-likeness (QED) is 0.0884. The number of nitrogens with one attached hydrogen (secondary N) is 6. The molecule has 15 aromatic rings. The molecule has 0 aliphatic carbocycles. The number of nitrogens with zero attached hydrogens (tertiary/aromatic N) is 6. The lowest BCUT2D eigenvalue weighted by molar-refractivity contribution is 0.568. The Hall–Kier alpha value is -14.9. The van der Waals surface area contributed by atoms with Crippen molar-refractivity contribution in [2.45, 2.75) is 209 Å². The predicted molar refractivity (Wildman–Crippen MR) is 597 cm³/mol. The molecule has 9 aromatic heterocycles. The summed E-state index contributed by atoms with van der Waals surface area (Å²) in [5.41, 5.74) is 44.2. The van der Waals surface area contributed by atoms with Gasteiger partial charge in [0.15, 0.2) is 0 Å². The van der Waals surface area contributed by atoms with Gasteiger partial charge in [0, 0.05) is 122 Å². The van der Waals surface area contributed by atoms with Gasteiger partial charge in [0.2, 0.25) is 0 Å². The van der Waals surface area contributed by atoms with E-state index in [1.165, 1.54) is 44.5 Å². The second kappa shape index (κ2) is 33.5. The normalized spacial score (nSPS) is 13.5. The largest absolute Gasteiger partial charge is 0.355 e. The van der Waals surface area contributed by atoms with Crippen LogP contribution in [0.4, 0.5) is 0 Å². The van der Waals surface area contributed by atoms with Crippen molar-refractivity contribution in [3.63, 3.8) is 0 Å². The van der Waals surface area contributed by atoms with E-state index in [1.807, 2.05) is 0 Å². The van der Waals surface area contributed by atoms with Gasteiger partial charge in [0.05, 0.1) is 68.3 Å². The van der Waals surface area contributed by atoms with Gasteiger partial charge in [-0.3, -0.25) is 0 Å². The molecule has 0 saturated carbocycles. The molecule has 12 nitrogen and oxygen atoms in total. The first kappa shape index (κ1) is 91.5. The number of fused-ring (bicyclic) bond motifs is 24. The first-order chi connectivity index (χ1) is 66.3. The van der Waals surface area contributed by atoms with Crippen molar-refractivity contribution in [2.24, 2.45) is 0 Å². The summed E-state index contributed by atoms with van der Waals surface area (Å²) in [4.78, 5) is 60.0. The molecule has 21 rings (SSSR count). The number of aromatic nitrogens is 12. The molecule has 0 fully saturated rings. The Balaban J connectivity index is 0.858. The molecule has 0 atom stereocenters. The average molecular weight is 1830 g/mol. The highest BCUT2D eigenvalue weighted by Crippen LogP contribution is 2.49. The van der Waals surface area contributed by atoms with Crippen molar-refractivity contribution < 1.29 is 0 Å². The number of H-pyrrole nitrogens is 6. The van der Waals surface area contributed by atoms with Crippen molar-refractivity contribution >= 4 is 139 Å². The third-order valence-electron chi connectivity index (χ3n) is 28.3. The summed E-state index contributed by atoms with van der Waals surface area (Å²) in [6.45, 7) is 55.4. The molecule has 0 unspecified atom stereocenters. The van der Waals surface area contributed by atoms with Gasteiger partial charge < -0.3 is 29.9 Å². The van der Waals surface area contributed by atoms with Crippen LogP contribution in [-0.2, 0) is 43.3 Å². The molecule has 698 valence electrons. The summed E-state index contributed by atoms with van der Waals surface area (Å²) >= 11 is 0. The Kier molecular flexibility index (Phi) is 21.9. The molecule has 6 aliphatic heterocycles. The lowest BCUT2D eigenvalue weighted by Crippen LogP contribution is -2.16. The Morgan fingerprint density at radius 2 is 0.321 bits per heavy atom. The molecule has 15 heterocycles. The van der Waals surface area contributed by atoms with Gasteiger partial charge in [0.25, 0.3) is 0 Å². The third kappa shape index (κ3) is 17.4. The first-order valence-corrected chi connectivity index (χ1v) is 49.5. The molecule has 140 heavy (non-hydrogen) atoms. The number of benzene rings is 6. The van der Waals surface area contributed by atoms with E-state index in [2.05, 4.69) is 487 Å². The fraction of sp³-hybridized carbons (Fsp3) is 0.250. The summed E-state index contributed by atoms with van der Waals surface area (Å²) in [5.74, 6) is 0. The third-order valence-corrected chi connectivity index (χ3v) is 28.3. The van der Waals surface area contributed by atoms with Crippen LogP contribution in [0.5, 0.6) is 0 Å². The maximum absolute atomic E-state index is 6.04. The minimum Gasteiger partial charge on any atom is -0.355 e. The Morgan fingerprint density at radius 1 is 0.150 bits per heavy atom. The van der Waals surface area contributed by atoms with E-state index in [4.69, 9.17) is 29.9 Å². The summed E-state index contributed by atoms with van der Waals surface area (Å²) in [7, 11) is 0. The van der Waals surface area contributed by atoms with Crippen LogP contribution >= 0.6 is 0 Å². The molecular weight excluding hydrogens is 1710 g/mol. The summed E-state index contributed by atoms with van der Waals surface area (Å²) < 4.78 is 0. The summed E-state index contributed by atoms with van der Waals surface area (Å²) in [6.07, 6.45) is 26.3. The van der Waals surface area contributed by atoms with E-state index in [9.17, 15) is 0 Å². The van der Waals surface area contributed by atoms with Crippen LogP contribution in [0.1, 0.15) is 279 Å². The maximum Gasteiger partial charge on any atom is 0.0738 e. The van der Waals surface area contributed by atoms with Gasteiger partial charge in [0.1, 0.15) is 0 Å². The molecule has 6 N–H and O–H groups in total. The minimum absolute atomic E-state index is 0.184. The SMILES string of the molecule is CC(C)(C)c1cc(-c2c3nc(c(-c4c5nc(cc6ccc([nH]6)c(-c6c7nc(c(-c8cc(C(C)(C)C)cc(C(C)(C)C)c8)c8ccc([nH]8)c(-c8ccccc8)c8nc(c(-c9cc(C(C)(C)C)cc(C(C)(C)C)c9)c9ccc6[nH]9)C=C8)C=C7)c6nc(cc7ccc4[nH]7)C=C6)C=C5)c4ccc([nH]4)c(-c4cc(C(C)(C)C)cc(C(C)(C)C)c4)c4nc(c(-c5ccccc5)c5ccc2[nH]5)C=C4)C=C3)cc(C(C)(C)C)c1. The second-order valence-corrected chi connectivity index (χ2v) is 47.1. The molecule has 0 radical (unpaired) electrons. The van der Waals surface area contributed by atoms with E-state index >= 15 is 0 Å². The summed E-state index contributed by atoms with van der Waals surface area (Å²) in [5, 5.41) is 0. The topological polar surface area (TPSA) is 172 Å². The van der Waals surface area contributed by atoms with E-state index in [0.717, 1.165) is 224 Å². The second-order valence-electron chi connectivity index (χ2n) is 47.1.